The third-order valence-corrected chi connectivity index (χ3v) is 5.50. The van der Waals surface area contributed by atoms with Crippen molar-refractivity contribution in [3.05, 3.63) is 90.2 Å². The first-order chi connectivity index (χ1) is 14.0. The summed E-state index contributed by atoms with van der Waals surface area (Å²) in [5, 5.41) is 0.509. The van der Waals surface area contributed by atoms with Crippen LogP contribution in [0.3, 0.4) is 0 Å². The molecule has 0 aliphatic carbocycles. The first kappa shape index (κ1) is 19.2. The van der Waals surface area contributed by atoms with Gasteiger partial charge in [0.05, 0.1) is 0 Å². The molecule has 4 rings (SSSR count). The maximum atomic E-state index is 12.8. The number of furan rings is 1. The highest BCUT2D eigenvalue weighted by Crippen LogP contribution is 2.28. The summed E-state index contributed by atoms with van der Waals surface area (Å²) in [5.41, 5.74) is 1.58. The van der Waals surface area contributed by atoms with E-state index < -0.39 is 23.7 Å². The van der Waals surface area contributed by atoms with Gasteiger partial charge in [0.1, 0.15) is 16.9 Å². The molecule has 1 atom stereocenters. The van der Waals surface area contributed by atoms with Crippen LogP contribution >= 0.6 is 0 Å². The van der Waals surface area contributed by atoms with Gasteiger partial charge in [-0.05, 0) is 29.8 Å². The van der Waals surface area contributed by atoms with Crippen LogP contribution in [0.25, 0.3) is 22.1 Å². The number of hydrogen-bond donors (Lipinski definition) is 1. The molecule has 3 aromatic carbocycles. The molecule has 1 aromatic heterocycles. The molecular weight excluding hydrogens is 396 g/mol. The number of nitrogens with one attached hydrogen (secondary N) is 1. The van der Waals surface area contributed by atoms with Gasteiger partial charge in [0, 0.05) is 16.5 Å². The van der Waals surface area contributed by atoms with Crippen LogP contribution in [0.2, 0.25) is 0 Å². The molecular formula is C22H15F2NO3S. The van der Waals surface area contributed by atoms with Crippen LogP contribution in [-0.4, -0.2) is 10.5 Å². The van der Waals surface area contributed by atoms with Gasteiger partial charge >= 0.3 is 5.91 Å². The van der Waals surface area contributed by atoms with Crippen molar-refractivity contribution in [2.24, 2.45) is 0 Å². The molecule has 4 aromatic rings. The van der Waals surface area contributed by atoms with Crippen molar-refractivity contribution >= 4 is 28.2 Å². The lowest BCUT2D eigenvalue weighted by Gasteiger charge is -2.13. The molecule has 29 heavy (non-hydrogen) atoms. The topological polar surface area (TPSA) is 65.3 Å². The summed E-state index contributed by atoms with van der Waals surface area (Å²) >= 11 is -1.84. The second-order valence-corrected chi connectivity index (χ2v) is 7.45. The second kappa shape index (κ2) is 8.06. The van der Waals surface area contributed by atoms with Crippen LogP contribution in [0.5, 0.6) is 0 Å². The normalized spacial score (nSPS) is 12.3. The minimum absolute atomic E-state index is 0.100. The number of amides is 1. The Hall–Kier alpha value is -3.16. The predicted octanol–water partition coefficient (Wildman–Crippen LogP) is 5.49. The minimum Gasteiger partial charge on any atom is -0.588 e. The molecule has 0 saturated carbocycles. The summed E-state index contributed by atoms with van der Waals surface area (Å²) in [6.07, 6.45) is -2.64. The van der Waals surface area contributed by atoms with Crippen molar-refractivity contribution in [2.75, 3.05) is 0 Å². The van der Waals surface area contributed by atoms with Gasteiger partial charge in [0.25, 0.3) is 6.43 Å². The molecule has 7 heteroatoms. The zero-order chi connectivity index (χ0) is 20.4. The van der Waals surface area contributed by atoms with Gasteiger partial charge in [0.2, 0.25) is 0 Å². The van der Waals surface area contributed by atoms with Crippen molar-refractivity contribution < 1.29 is 22.5 Å². The van der Waals surface area contributed by atoms with E-state index in [1.54, 1.807) is 12.1 Å². The summed E-state index contributed by atoms with van der Waals surface area (Å²) in [4.78, 5) is 13.0. The lowest BCUT2D eigenvalue weighted by Crippen LogP contribution is -2.30. The Balaban J connectivity index is 1.59. The minimum atomic E-state index is -2.64. The number of rotatable bonds is 5. The largest absolute Gasteiger partial charge is 0.588 e. The Morgan fingerprint density at radius 1 is 0.966 bits per heavy atom. The van der Waals surface area contributed by atoms with Crippen molar-refractivity contribution in [2.45, 2.75) is 11.3 Å². The van der Waals surface area contributed by atoms with Crippen LogP contribution in [-0.2, 0) is 11.4 Å². The summed E-state index contributed by atoms with van der Waals surface area (Å²) in [5.74, 6) is -0.794. The molecule has 0 saturated heterocycles. The molecule has 1 unspecified atom stereocenters. The van der Waals surface area contributed by atoms with Crippen LogP contribution < -0.4 is 4.72 Å². The highest BCUT2D eigenvalue weighted by atomic mass is 32.2. The maximum Gasteiger partial charge on any atom is 0.328 e. The molecule has 0 aliphatic heterocycles. The van der Waals surface area contributed by atoms with Gasteiger partial charge in [-0.2, -0.15) is 4.72 Å². The maximum absolute atomic E-state index is 12.8. The first-order valence-electron chi connectivity index (χ1n) is 8.72. The number of hydrogen-bond acceptors (Lipinski definition) is 3. The Bertz CT molecular complexity index is 1160. The number of fused-ring (bicyclic) bond motifs is 1. The fourth-order valence-corrected chi connectivity index (χ4v) is 3.94. The van der Waals surface area contributed by atoms with Crippen LogP contribution in [0.4, 0.5) is 8.78 Å². The number of benzene rings is 3. The van der Waals surface area contributed by atoms with E-state index >= 15 is 0 Å². The fraction of sp³-hybridized carbons (Fsp3) is 0.0455. The van der Waals surface area contributed by atoms with Crippen molar-refractivity contribution in [3.63, 3.8) is 0 Å². The lowest BCUT2D eigenvalue weighted by atomic mass is 10.1. The first-order valence-corrected chi connectivity index (χ1v) is 9.87. The van der Waals surface area contributed by atoms with Gasteiger partial charge in [-0.25, -0.2) is 8.78 Å². The molecule has 0 spiro atoms. The molecule has 1 amide bonds. The van der Waals surface area contributed by atoms with E-state index in [9.17, 15) is 18.1 Å². The lowest BCUT2D eigenvalue weighted by molar-refractivity contribution is 0.0956. The molecule has 0 bridgehead atoms. The van der Waals surface area contributed by atoms with Gasteiger partial charge in [-0.3, -0.25) is 4.79 Å². The van der Waals surface area contributed by atoms with Gasteiger partial charge in [0.15, 0.2) is 10.7 Å². The highest BCUT2D eigenvalue weighted by Gasteiger charge is 2.23. The zero-order valence-corrected chi connectivity index (χ0v) is 15.8. The molecule has 0 radical (unpaired) electrons. The van der Waals surface area contributed by atoms with Gasteiger partial charge < -0.3 is 8.97 Å². The van der Waals surface area contributed by atoms with Crippen LogP contribution in [0.1, 0.15) is 22.5 Å². The average Bonchev–Trinajstić information content (AvgIpc) is 3.18. The van der Waals surface area contributed by atoms with Crippen LogP contribution in [0.15, 0.2) is 88.2 Å². The molecule has 4 nitrogen and oxygen atoms in total. The molecule has 1 heterocycles. The Morgan fingerprint density at radius 3 is 2.45 bits per heavy atom. The number of alkyl halides is 2. The zero-order valence-electron chi connectivity index (χ0n) is 15.0. The van der Waals surface area contributed by atoms with Crippen molar-refractivity contribution in [1.29, 1.82) is 0 Å². The summed E-state index contributed by atoms with van der Waals surface area (Å²) in [6, 6.07) is 21.8. The van der Waals surface area contributed by atoms with E-state index in [2.05, 4.69) is 4.72 Å². The fourth-order valence-electron chi connectivity index (χ4n) is 2.97. The summed E-state index contributed by atoms with van der Waals surface area (Å²) < 4.78 is 46.3. The van der Waals surface area contributed by atoms with E-state index in [1.165, 1.54) is 24.3 Å². The number of halogens is 2. The smallest absolute Gasteiger partial charge is 0.328 e. The third-order valence-electron chi connectivity index (χ3n) is 4.38. The van der Waals surface area contributed by atoms with Gasteiger partial charge in [-0.1, -0.05) is 54.6 Å². The summed E-state index contributed by atoms with van der Waals surface area (Å²) in [7, 11) is 0. The molecule has 1 N–H and O–H groups in total. The van der Waals surface area contributed by atoms with E-state index in [1.807, 2.05) is 42.5 Å². The average molecular weight is 411 g/mol. The SMILES string of the molecule is O=C(N[S+]([O-])c1ccccc1-c1ccccc1)c1cc2ccc(C(F)F)cc2o1. The molecule has 0 fully saturated rings. The van der Waals surface area contributed by atoms with Crippen LogP contribution in [0, 0.1) is 0 Å². The van der Waals surface area contributed by atoms with Crippen molar-refractivity contribution in [1.82, 2.24) is 4.72 Å². The predicted molar refractivity (Wildman–Crippen MR) is 107 cm³/mol. The Labute approximate surface area is 168 Å². The quantitative estimate of drug-likeness (QED) is 0.442. The monoisotopic (exact) mass is 411 g/mol. The Kier molecular flexibility index (Phi) is 5.33. The third kappa shape index (κ3) is 4.01. The standard InChI is InChI=1S/C22H15F2NO3S/c23-21(24)16-11-10-15-12-19(28-18(15)13-16)22(26)25-29(27)20-9-5-4-8-17(20)14-6-2-1-3-7-14/h1-13,21H,(H,25,26). The van der Waals surface area contributed by atoms with E-state index in [0.29, 0.717) is 10.3 Å². The van der Waals surface area contributed by atoms with Crippen molar-refractivity contribution in [3.8, 4) is 11.1 Å². The second-order valence-electron chi connectivity index (χ2n) is 6.27. The van der Waals surface area contributed by atoms with Gasteiger partial charge in [-0.15, -0.1) is 0 Å². The van der Waals surface area contributed by atoms with E-state index in [0.717, 1.165) is 11.1 Å². The number of carbonyl (C=O) groups is 1. The van der Waals surface area contributed by atoms with E-state index in [4.69, 9.17) is 4.42 Å². The van der Waals surface area contributed by atoms with E-state index in [-0.39, 0.29) is 16.9 Å². The number of carbonyl (C=O) groups excluding carboxylic acids is 1. The summed E-state index contributed by atoms with van der Waals surface area (Å²) in [6.45, 7) is 0. The molecule has 0 aliphatic rings. The highest BCUT2D eigenvalue weighted by molar-refractivity contribution is 7.90. The molecule has 146 valence electrons. The Morgan fingerprint density at radius 2 is 1.69 bits per heavy atom.